The lowest BCUT2D eigenvalue weighted by Gasteiger charge is -2.16. The monoisotopic (exact) mass is 429 g/mol. The van der Waals surface area contributed by atoms with Gasteiger partial charge in [0.25, 0.3) is 0 Å². The fraction of sp³-hybridized carbons (Fsp3) is 0.353. The second-order valence-corrected chi connectivity index (χ2v) is 5.80. The molecule has 0 radical (unpaired) electrons. The van der Waals surface area contributed by atoms with E-state index in [9.17, 15) is 0 Å². The van der Waals surface area contributed by atoms with E-state index in [4.69, 9.17) is 0 Å². The zero-order valence-corrected chi connectivity index (χ0v) is 16.2. The number of aliphatic imine (C=N–C) groups is 1. The van der Waals surface area contributed by atoms with Crippen LogP contribution in [-0.4, -0.2) is 19.0 Å². The Bertz CT molecular complexity index is 540. The third-order valence-electron chi connectivity index (χ3n) is 3.29. The topological polar surface area (TPSA) is 36.4 Å². The van der Waals surface area contributed by atoms with Crippen LogP contribution in [0, 0.1) is 0 Å². The molecule has 0 bridgehead atoms. The van der Waals surface area contributed by atoms with E-state index in [2.05, 4.69) is 76.6 Å². The summed E-state index contributed by atoms with van der Waals surface area (Å²) in [4.78, 5) is 4.62. The zero-order valence-electron chi connectivity index (χ0n) is 13.1. The van der Waals surface area contributed by atoms with E-state index in [1.807, 2.05) is 0 Å². The highest BCUT2D eigenvalue weighted by molar-refractivity contribution is 14.0. The van der Waals surface area contributed by atoms with Gasteiger partial charge < -0.3 is 10.6 Å². The van der Waals surface area contributed by atoms with Gasteiger partial charge in [-0.25, -0.2) is 4.99 Å². The van der Waals surface area contributed by atoms with Crippen molar-refractivity contribution in [3.05, 3.63) is 58.3 Å². The molecule has 0 fully saturated rings. The van der Waals surface area contributed by atoms with E-state index in [0.717, 1.165) is 25.6 Å². The van der Waals surface area contributed by atoms with Crippen LogP contribution in [0.15, 0.2) is 52.2 Å². The highest BCUT2D eigenvalue weighted by atomic mass is 127. The second kappa shape index (κ2) is 10.6. The summed E-state index contributed by atoms with van der Waals surface area (Å²) in [5, 5.41) is 10.9. The average molecular weight is 429 g/mol. The van der Waals surface area contributed by atoms with Gasteiger partial charge in [-0.05, 0) is 40.8 Å². The Labute approximate surface area is 154 Å². The first-order valence-electron chi connectivity index (χ1n) is 7.37. The van der Waals surface area contributed by atoms with Gasteiger partial charge >= 0.3 is 0 Å². The van der Waals surface area contributed by atoms with Gasteiger partial charge in [-0.3, -0.25) is 0 Å². The molecule has 0 aliphatic heterocycles. The Balaban J connectivity index is 0.00000242. The number of hydrogen-bond acceptors (Lipinski definition) is 2. The highest BCUT2D eigenvalue weighted by Crippen LogP contribution is 2.13. The molecule has 0 aliphatic carbocycles. The number of halogens is 1. The molecule has 1 heterocycles. The van der Waals surface area contributed by atoms with Crippen LogP contribution in [-0.2, 0) is 6.54 Å². The first kappa shape index (κ1) is 19.0. The molecular weight excluding hydrogens is 405 g/mol. The maximum Gasteiger partial charge on any atom is 0.191 e. The van der Waals surface area contributed by atoms with Gasteiger partial charge in [0.15, 0.2) is 5.96 Å². The van der Waals surface area contributed by atoms with Crippen LogP contribution in [0.4, 0.5) is 0 Å². The fourth-order valence-corrected chi connectivity index (χ4v) is 2.70. The summed E-state index contributed by atoms with van der Waals surface area (Å²) in [6.07, 6.45) is 0. The quantitative estimate of drug-likeness (QED) is 0.410. The summed E-state index contributed by atoms with van der Waals surface area (Å²) in [5.74, 6) is 1.34. The highest BCUT2D eigenvalue weighted by Gasteiger charge is 2.06. The Morgan fingerprint density at radius 2 is 1.95 bits per heavy atom. The first-order chi connectivity index (χ1) is 10.3. The van der Waals surface area contributed by atoms with Crippen molar-refractivity contribution >= 4 is 41.3 Å². The Kier molecular flexibility index (Phi) is 9.15. The summed E-state index contributed by atoms with van der Waals surface area (Å²) < 4.78 is 0. The lowest BCUT2D eigenvalue weighted by Crippen LogP contribution is -2.39. The molecule has 0 spiro atoms. The second-order valence-electron chi connectivity index (χ2n) is 5.02. The lowest BCUT2D eigenvalue weighted by atomic mass is 10.0. The van der Waals surface area contributed by atoms with Crippen molar-refractivity contribution in [2.45, 2.75) is 26.3 Å². The van der Waals surface area contributed by atoms with E-state index < -0.39 is 0 Å². The molecule has 2 N–H and O–H groups in total. The van der Waals surface area contributed by atoms with Crippen LogP contribution in [0.3, 0.4) is 0 Å². The predicted octanol–water partition coefficient (Wildman–Crippen LogP) is 4.22. The van der Waals surface area contributed by atoms with Crippen molar-refractivity contribution in [2.75, 3.05) is 13.1 Å². The lowest BCUT2D eigenvalue weighted by molar-refractivity contribution is 0.700. The first-order valence-corrected chi connectivity index (χ1v) is 8.32. The molecule has 5 heteroatoms. The van der Waals surface area contributed by atoms with E-state index in [1.54, 1.807) is 11.3 Å². The SMILES string of the molecule is CCNC(=NCc1ccsc1)NCC(C)c1ccccc1.I. The van der Waals surface area contributed by atoms with Crippen molar-refractivity contribution in [2.24, 2.45) is 4.99 Å². The molecule has 3 nitrogen and oxygen atoms in total. The molecule has 1 aromatic carbocycles. The van der Waals surface area contributed by atoms with Gasteiger partial charge in [0.05, 0.1) is 6.54 Å². The van der Waals surface area contributed by atoms with Crippen molar-refractivity contribution in [1.82, 2.24) is 10.6 Å². The molecule has 1 aromatic heterocycles. The number of thiophene rings is 1. The van der Waals surface area contributed by atoms with E-state index in [1.165, 1.54) is 11.1 Å². The maximum atomic E-state index is 4.62. The number of guanidine groups is 1. The maximum absolute atomic E-state index is 4.62. The van der Waals surface area contributed by atoms with E-state index in [0.29, 0.717) is 5.92 Å². The summed E-state index contributed by atoms with van der Waals surface area (Å²) in [5.41, 5.74) is 2.60. The average Bonchev–Trinajstić information content (AvgIpc) is 3.04. The molecule has 120 valence electrons. The predicted molar refractivity (Wildman–Crippen MR) is 107 cm³/mol. The minimum Gasteiger partial charge on any atom is -0.357 e. The van der Waals surface area contributed by atoms with Gasteiger partial charge in [-0.15, -0.1) is 24.0 Å². The van der Waals surface area contributed by atoms with Crippen LogP contribution in [0.5, 0.6) is 0 Å². The van der Waals surface area contributed by atoms with Crippen molar-refractivity contribution in [3.63, 3.8) is 0 Å². The molecule has 22 heavy (non-hydrogen) atoms. The number of benzene rings is 1. The number of hydrogen-bond donors (Lipinski definition) is 2. The minimum absolute atomic E-state index is 0. The normalized spacial score (nSPS) is 12.4. The zero-order chi connectivity index (χ0) is 14.9. The van der Waals surface area contributed by atoms with Crippen LogP contribution in [0.2, 0.25) is 0 Å². The standard InChI is InChI=1S/C17H23N3S.HI/c1-3-18-17(20-12-15-9-10-21-13-15)19-11-14(2)16-7-5-4-6-8-16;/h4-10,13-14H,3,11-12H2,1-2H3,(H2,18,19,20);1H. The molecule has 1 unspecified atom stereocenters. The number of nitrogens with one attached hydrogen (secondary N) is 2. The van der Waals surface area contributed by atoms with Crippen molar-refractivity contribution in [1.29, 1.82) is 0 Å². The Morgan fingerprint density at radius 1 is 1.18 bits per heavy atom. The molecule has 1 atom stereocenters. The number of rotatable bonds is 6. The largest absolute Gasteiger partial charge is 0.357 e. The summed E-state index contributed by atoms with van der Waals surface area (Å²) in [6.45, 7) is 6.78. The molecule has 2 rings (SSSR count). The van der Waals surface area contributed by atoms with Crippen molar-refractivity contribution < 1.29 is 0 Å². The Hall–Kier alpha value is -1.08. The van der Waals surface area contributed by atoms with Crippen LogP contribution >= 0.6 is 35.3 Å². The summed E-state index contributed by atoms with van der Waals surface area (Å²) >= 11 is 1.71. The minimum atomic E-state index is 0. The third-order valence-corrected chi connectivity index (χ3v) is 4.02. The molecule has 0 saturated carbocycles. The summed E-state index contributed by atoms with van der Waals surface area (Å²) in [7, 11) is 0. The molecule has 0 amide bonds. The smallest absolute Gasteiger partial charge is 0.191 e. The van der Waals surface area contributed by atoms with Gasteiger partial charge in [0.2, 0.25) is 0 Å². The van der Waals surface area contributed by atoms with Gasteiger partial charge in [0.1, 0.15) is 0 Å². The van der Waals surface area contributed by atoms with Crippen LogP contribution in [0.25, 0.3) is 0 Å². The van der Waals surface area contributed by atoms with Crippen LogP contribution in [0.1, 0.15) is 30.9 Å². The summed E-state index contributed by atoms with van der Waals surface area (Å²) in [6, 6.07) is 12.7. The van der Waals surface area contributed by atoms with Gasteiger partial charge in [-0.1, -0.05) is 37.3 Å². The van der Waals surface area contributed by atoms with E-state index >= 15 is 0 Å². The molecule has 0 saturated heterocycles. The van der Waals surface area contributed by atoms with Gasteiger partial charge in [0, 0.05) is 13.1 Å². The van der Waals surface area contributed by atoms with Gasteiger partial charge in [-0.2, -0.15) is 11.3 Å². The third kappa shape index (κ3) is 6.36. The van der Waals surface area contributed by atoms with Crippen LogP contribution < -0.4 is 10.6 Å². The van der Waals surface area contributed by atoms with Crippen molar-refractivity contribution in [3.8, 4) is 0 Å². The molecular formula is C17H24IN3S. The number of nitrogens with zero attached hydrogens (tertiary/aromatic N) is 1. The molecule has 2 aromatic rings. The fourth-order valence-electron chi connectivity index (χ4n) is 2.04. The Morgan fingerprint density at radius 3 is 2.59 bits per heavy atom. The molecule has 0 aliphatic rings. The van der Waals surface area contributed by atoms with E-state index in [-0.39, 0.29) is 24.0 Å².